The molecule has 0 radical (unpaired) electrons. The molecule has 2 fully saturated rings. The molecule has 2 heteroatoms. The van der Waals surface area contributed by atoms with Crippen LogP contribution in [0.15, 0.2) is 0 Å². The number of nitrogens with one attached hydrogen (secondary N) is 1. The third-order valence-corrected chi connectivity index (χ3v) is 4.66. The van der Waals surface area contributed by atoms with Crippen LogP contribution >= 0.6 is 0 Å². The van der Waals surface area contributed by atoms with Crippen molar-refractivity contribution in [3.05, 3.63) is 0 Å². The van der Waals surface area contributed by atoms with Gasteiger partial charge in [-0.25, -0.2) is 0 Å². The van der Waals surface area contributed by atoms with Gasteiger partial charge >= 0.3 is 0 Å². The van der Waals surface area contributed by atoms with E-state index < -0.39 is 0 Å². The zero-order valence-corrected chi connectivity index (χ0v) is 11.1. The second-order valence-electron chi connectivity index (χ2n) is 6.25. The summed E-state index contributed by atoms with van der Waals surface area (Å²) >= 11 is 0. The quantitative estimate of drug-likeness (QED) is 0.797. The molecule has 0 amide bonds. The van der Waals surface area contributed by atoms with Crippen LogP contribution in [0, 0.1) is 11.8 Å². The fourth-order valence-electron chi connectivity index (χ4n) is 3.07. The van der Waals surface area contributed by atoms with Crippen LogP contribution in [-0.4, -0.2) is 24.8 Å². The van der Waals surface area contributed by atoms with Gasteiger partial charge in [0.15, 0.2) is 0 Å². The molecule has 2 nitrogen and oxygen atoms in total. The Balaban J connectivity index is 1.74. The molecule has 0 aromatic rings. The van der Waals surface area contributed by atoms with Crippen molar-refractivity contribution < 1.29 is 4.74 Å². The maximum atomic E-state index is 5.82. The topological polar surface area (TPSA) is 21.3 Å². The maximum Gasteiger partial charge on any atom is 0.0779 e. The molecule has 0 spiro atoms. The van der Waals surface area contributed by atoms with Gasteiger partial charge in [-0.3, -0.25) is 0 Å². The number of hydrogen-bond donors (Lipinski definition) is 1. The van der Waals surface area contributed by atoms with Crippen molar-refractivity contribution in [3.63, 3.8) is 0 Å². The molecule has 1 heterocycles. The Kier molecular flexibility index (Phi) is 3.91. The van der Waals surface area contributed by atoms with Gasteiger partial charge in [0.1, 0.15) is 0 Å². The molecular weight excluding hydrogens is 198 g/mol. The standard InChI is InChI=1S/C14H27NO/c1-11-5-6-13(9-12(11)2)15-10-14(3)7-4-8-16-14/h11-13,15H,4-10H2,1-3H3. The van der Waals surface area contributed by atoms with Gasteiger partial charge < -0.3 is 10.1 Å². The first kappa shape index (κ1) is 12.4. The van der Waals surface area contributed by atoms with E-state index in [1.165, 1.54) is 32.1 Å². The van der Waals surface area contributed by atoms with E-state index in [9.17, 15) is 0 Å². The lowest BCUT2D eigenvalue weighted by atomic mass is 9.79. The van der Waals surface area contributed by atoms with E-state index in [0.717, 1.165) is 31.0 Å². The normalized spacial score (nSPS) is 44.8. The number of rotatable bonds is 3. The smallest absolute Gasteiger partial charge is 0.0779 e. The third-order valence-electron chi connectivity index (χ3n) is 4.66. The van der Waals surface area contributed by atoms with Crippen LogP contribution in [-0.2, 0) is 4.74 Å². The molecule has 1 aliphatic carbocycles. The van der Waals surface area contributed by atoms with Gasteiger partial charge in [-0.2, -0.15) is 0 Å². The molecule has 1 saturated heterocycles. The van der Waals surface area contributed by atoms with E-state index in [0.29, 0.717) is 0 Å². The van der Waals surface area contributed by atoms with E-state index in [1.807, 2.05) is 0 Å². The fourth-order valence-corrected chi connectivity index (χ4v) is 3.07. The minimum absolute atomic E-state index is 0.117. The lowest BCUT2D eigenvalue weighted by Gasteiger charge is -2.34. The highest BCUT2D eigenvalue weighted by molar-refractivity contribution is 4.86. The first-order valence-electron chi connectivity index (χ1n) is 6.96. The van der Waals surface area contributed by atoms with Crippen molar-refractivity contribution in [1.29, 1.82) is 0 Å². The Morgan fingerprint density at radius 1 is 1.25 bits per heavy atom. The zero-order chi connectivity index (χ0) is 11.6. The number of ether oxygens (including phenoxy) is 1. The van der Waals surface area contributed by atoms with E-state index in [2.05, 4.69) is 26.1 Å². The highest BCUT2D eigenvalue weighted by Gasteiger charge is 2.31. The summed E-state index contributed by atoms with van der Waals surface area (Å²) in [6.07, 6.45) is 6.53. The van der Waals surface area contributed by atoms with Crippen LogP contribution in [0.4, 0.5) is 0 Å². The van der Waals surface area contributed by atoms with Gasteiger partial charge in [-0.15, -0.1) is 0 Å². The first-order valence-corrected chi connectivity index (χ1v) is 6.96. The van der Waals surface area contributed by atoms with Crippen molar-refractivity contribution in [2.75, 3.05) is 13.2 Å². The SMILES string of the molecule is CC1CCC(NCC2(C)CCCO2)CC1C. The van der Waals surface area contributed by atoms with Gasteiger partial charge in [-0.1, -0.05) is 13.8 Å². The fraction of sp³-hybridized carbons (Fsp3) is 1.00. The van der Waals surface area contributed by atoms with Crippen LogP contribution < -0.4 is 5.32 Å². The highest BCUT2D eigenvalue weighted by Crippen LogP contribution is 2.30. The summed E-state index contributed by atoms with van der Waals surface area (Å²) in [7, 11) is 0. The molecule has 0 bridgehead atoms. The highest BCUT2D eigenvalue weighted by atomic mass is 16.5. The molecule has 0 aromatic heterocycles. The minimum atomic E-state index is 0.117. The van der Waals surface area contributed by atoms with Crippen LogP contribution in [0.25, 0.3) is 0 Å². The predicted molar refractivity (Wildman–Crippen MR) is 67.6 cm³/mol. The average molecular weight is 225 g/mol. The van der Waals surface area contributed by atoms with Crippen molar-refractivity contribution in [2.45, 2.75) is 64.5 Å². The largest absolute Gasteiger partial charge is 0.374 e. The molecule has 1 saturated carbocycles. The van der Waals surface area contributed by atoms with E-state index in [-0.39, 0.29) is 5.60 Å². The summed E-state index contributed by atoms with van der Waals surface area (Å²) in [6.45, 7) is 9.03. The Morgan fingerprint density at radius 2 is 2.06 bits per heavy atom. The summed E-state index contributed by atoms with van der Waals surface area (Å²) in [6, 6.07) is 0.729. The van der Waals surface area contributed by atoms with Gasteiger partial charge in [0, 0.05) is 19.2 Å². The lowest BCUT2D eigenvalue weighted by molar-refractivity contribution is 0.0165. The van der Waals surface area contributed by atoms with E-state index in [4.69, 9.17) is 4.74 Å². The summed E-state index contributed by atoms with van der Waals surface area (Å²) in [5, 5.41) is 3.73. The minimum Gasteiger partial charge on any atom is -0.374 e. The van der Waals surface area contributed by atoms with Crippen molar-refractivity contribution in [3.8, 4) is 0 Å². The maximum absolute atomic E-state index is 5.82. The predicted octanol–water partition coefficient (Wildman–Crippen LogP) is 2.97. The van der Waals surface area contributed by atoms with Crippen molar-refractivity contribution >= 4 is 0 Å². The molecule has 1 aliphatic heterocycles. The molecule has 2 rings (SSSR count). The van der Waals surface area contributed by atoms with Gasteiger partial charge in [-0.05, 0) is 50.9 Å². The van der Waals surface area contributed by atoms with E-state index >= 15 is 0 Å². The number of hydrogen-bond acceptors (Lipinski definition) is 2. The average Bonchev–Trinajstić information content (AvgIpc) is 2.68. The molecule has 0 aromatic carbocycles. The Bertz CT molecular complexity index is 223. The molecule has 94 valence electrons. The second-order valence-corrected chi connectivity index (χ2v) is 6.25. The summed E-state index contributed by atoms with van der Waals surface area (Å²) in [5.74, 6) is 1.79. The van der Waals surface area contributed by atoms with Crippen LogP contribution in [0.1, 0.15) is 52.9 Å². The molecule has 16 heavy (non-hydrogen) atoms. The third kappa shape index (κ3) is 2.98. The zero-order valence-electron chi connectivity index (χ0n) is 11.1. The van der Waals surface area contributed by atoms with Crippen LogP contribution in [0.5, 0.6) is 0 Å². The Labute approximate surface area is 100 Å². The lowest BCUT2D eigenvalue weighted by Crippen LogP contribution is -2.44. The monoisotopic (exact) mass is 225 g/mol. The summed E-state index contributed by atoms with van der Waals surface area (Å²) < 4.78 is 5.82. The summed E-state index contributed by atoms with van der Waals surface area (Å²) in [4.78, 5) is 0. The molecular formula is C14H27NO. The van der Waals surface area contributed by atoms with Crippen molar-refractivity contribution in [1.82, 2.24) is 5.32 Å². The van der Waals surface area contributed by atoms with Crippen LogP contribution in [0.3, 0.4) is 0 Å². The second kappa shape index (κ2) is 5.05. The van der Waals surface area contributed by atoms with Gasteiger partial charge in [0.05, 0.1) is 5.60 Å². The molecule has 1 N–H and O–H groups in total. The van der Waals surface area contributed by atoms with E-state index in [1.54, 1.807) is 0 Å². The first-order chi connectivity index (χ1) is 7.59. The molecule has 4 atom stereocenters. The van der Waals surface area contributed by atoms with Gasteiger partial charge in [0.25, 0.3) is 0 Å². The molecule has 4 unspecified atom stereocenters. The Morgan fingerprint density at radius 3 is 2.69 bits per heavy atom. The Hall–Kier alpha value is -0.0800. The molecule has 2 aliphatic rings. The van der Waals surface area contributed by atoms with Crippen LogP contribution in [0.2, 0.25) is 0 Å². The van der Waals surface area contributed by atoms with Gasteiger partial charge in [0.2, 0.25) is 0 Å². The summed E-state index contributed by atoms with van der Waals surface area (Å²) in [5.41, 5.74) is 0.117. The van der Waals surface area contributed by atoms with Crippen molar-refractivity contribution in [2.24, 2.45) is 11.8 Å².